The topological polar surface area (TPSA) is 36.4 Å². The summed E-state index contributed by atoms with van der Waals surface area (Å²) in [6, 6.07) is 2.41. The van der Waals surface area contributed by atoms with Crippen LogP contribution in [0.25, 0.3) is 0 Å². The zero-order valence-corrected chi connectivity index (χ0v) is 12.4. The Bertz CT molecular complexity index is 534. The Hall–Kier alpha value is -1.14. The standard InChI is InChI=1S/C16H21F3N2O/c17-16(18,19)13-5-3-8-20-14(13)11-21-9-7-15(22)6-2-1-4-12(15)10-21/h3,5,8,12,22H,1-2,4,6-7,9-11H2. The second-order valence-corrected chi connectivity index (χ2v) is 6.53. The lowest BCUT2D eigenvalue weighted by Crippen LogP contribution is -2.53. The molecule has 1 aromatic rings. The van der Waals surface area contributed by atoms with Crippen molar-refractivity contribution >= 4 is 0 Å². The number of rotatable bonds is 2. The first-order valence-electron chi connectivity index (χ1n) is 7.84. The van der Waals surface area contributed by atoms with Crippen molar-refractivity contribution in [2.75, 3.05) is 13.1 Å². The summed E-state index contributed by atoms with van der Waals surface area (Å²) >= 11 is 0. The molecule has 6 heteroatoms. The third-order valence-corrected chi connectivity index (χ3v) is 5.08. The van der Waals surface area contributed by atoms with Crippen LogP contribution in [-0.2, 0) is 12.7 Å². The van der Waals surface area contributed by atoms with E-state index < -0.39 is 17.3 Å². The first-order chi connectivity index (χ1) is 10.4. The highest BCUT2D eigenvalue weighted by Gasteiger charge is 2.43. The van der Waals surface area contributed by atoms with Crippen molar-refractivity contribution in [3.05, 3.63) is 29.6 Å². The van der Waals surface area contributed by atoms with E-state index in [-0.39, 0.29) is 18.2 Å². The number of pyridine rings is 1. The number of aromatic nitrogens is 1. The molecule has 0 bridgehead atoms. The fourth-order valence-electron chi connectivity index (χ4n) is 3.82. The van der Waals surface area contributed by atoms with Crippen LogP contribution in [0.15, 0.2) is 18.3 Å². The van der Waals surface area contributed by atoms with E-state index >= 15 is 0 Å². The molecule has 2 atom stereocenters. The van der Waals surface area contributed by atoms with Gasteiger partial charge < -0.3 is 5.11 Å². The second kappa shape index (κ2) is 5.81. The largest absolute Gasteiger partial charge is 0.418 e. The maximum absolute atomic E-state index is 13.0. The predicted molar refractivity (Wildman–Crippen MR) is 76.0 cm³/mol. The molecule has 0 radical (unpaired) electrons. The third-order valence-electron chi connectivity index (χ3n) is 5.08. The number of hydrogen-bond acceptors (Lipinski definition) is 3. The SMILES string of the molecule is OC12CCCCC1CN(Cc1ncccc1C(F)(F)F)CC2. The number of piperidine rings is 1. The maximum atomic E-state index is 13.0. The van der Waals surface area contributed by atoms with Crippen molar-refractivity contribution in [1.82, 2.24) is 9.88 Å². The zero-order chi connectivity index (χ0) is 15.8. The van der Waals surface area contributed by atoms with Gasteiger partial charge in [0.1, 0.15) is 0 Å². The van der Waals surface area contributed by atoms with Crippen molar-refractivity contribution in [1.29, 1.82) is 0 Å². The van der Waals surface area contributed by atoms with Crippen LogP contribution in [0.3, 0.4) is 0 Å². The minimum absolute atomic E-state index is 0.0799. The molecule has 3 nitrogen and oxygen atoms in total. The summed E-state index contributed by atoms with van der Waals surface area (Å²) in [5.74, 6) is 0.174. The number of hydrogen-bond donors (Lipinski definition) is 1. The van der Waals surface area contributed by atoms with Gasteiger partial charge in [-0.15, -0.1) is 0 Å². The van der Waals surface area contributed by atoms with Crippen molar-refractivity contribution in [3.63, 3.8) is 0 Å². The van der Waals surface area contributed by atoms with Crippen LogP contribution in [0.2, 0.25) is 0 Å². The maximum Gasteiger partial charge on any atom is 0.418 e. The van der Waals surface area contributed by atoms with Gasteiger partial charge in [0.2, 0.25) is 0 Å². The van der Waals surface area contributed by atoms with Crippen molar-refractivity contribution < 1.29 is 18.3 Å². The Morgan fingerprint density at radius 2 is 2.14 bits per heavy atom. The molecule has 2 heterocycles. The summed E-state index contributed by atoms with van der Waals surface area (Å²) < 4.78 is 39.1. The highest BCUT2D eigenvalue weighted by Crippen LogP contribution is 2.40. The quantitative estimate of drug-likeness (QED) is 0.910. The molecular weight excluding hydrogens is 293 g/mol. The van der Waals surface area contributed by atoms with Gasteiger partial charge in [-0.05, 0) is 31.4 Å². The summed E-state index contributed by atoms with van der Waals surface area (Å²) in [5, 5.41) is 10.6. The number of nitrogens with zero attached hydrogens (tertiary/aromatic N) is 2. The Labute approximate surface area is 128 Å². The normalized spacial score (nSPS) is 30.1. The van der Waals surface area contributed by atoms with E-state index in [2.05, 4.69) is 4.98 Å². The van der Waals surface area contributed by atoms with Crippen LogP contribution in [0.4, 0.5) is 13.2 Å². The zero-order valence-electron chi connectivity index (χ0n) is 12.4. The van der Waals surface area contributed by atoms with Gasteiger partial charge in [0.15, 0.2) is 0 Å². The number of fused-ring (bicyclic) bond motifs is 1. The van der Waals surface area contributed by atoms with Gasteiger partial charge in [-0.1, -0.05) is 12.8 Å². The molecule has 0 aromatic carbocycles. The summed E-state index contributed by atoms with van der Waals surface area (Å²) in [7, 11) is 0. The molecule has 2 aliphatic rings. The summed E-state index contributed by atoms with van der Waals surface area (Å²) in [4.78, 5) is 5.94. The van der Waals surface area contributed by atoms with Gasteiger partial charge in [0, 0.05) is 31.7 Å². The third kappa shape index (κ3) is 3.13. The van der Waals surface area contributed by atoms with Crippen molar-refractivity contribution in [3.8, 4) is 0 Å². The van der Waals surface area contributed by atoms with E-state index in [0.717, 1.165) is 31.7 Å². The average Bonchev–Trinajstić information content (AvgIpc) is 2.47. The molecule has 1 aromatic heterocycles. The molecule has 0 spiro atoms. The van der Waals surface area contributed by atoms with Gasteiger partial charge in [-0.3, -0.25) is 9.88 Å². The number of alkyl halides is 3. The van der Waals surface area contributed by atoms with Gasteiger partial charge >= 0.3 is 6.18 Å². The van der Waals surface area contributed by atoms with Crippen LogP contribution in [-0.4, -0.2) is 33.7 Å². The lowest BCUT2D eigenvalue weighted by atomic mass is 9.71. The smallest absolute Gasteiger partial charge is 0.390 e. The molecule has 22 heavy (non-hydrogen) atoms. The molecule has 2 fully saturated rings. The van der Waals surface area contributed by atoms with Crippen molar-refractivity contribution in [2.24, 2.45) is 5.92 Å². The highest BCUT2D eigenvalue weighted by atomic mass is 19.4. The molecule has 122 valence electrons. The number of likely N-dealkylation sites (tertiary alicyclic amines) is 1. The number of halogens is 3. The Kier molecular flexibility index (Phi) is 4.16. The average molecular weight is 314 g/mol. The van der Waals surface area contributed by atoms with E-state index in [9.17, 15) is 18.3 Å². The molecule has 1 saturated heterocycles. The summed E-state index contributed by atoms with van der Waals surface area (Å²) in [6.07, 6.45) is 1.61. The monoisotopic (exact) mass is 314 g/mol. The Morgan fingerprint density at radius 1 is 1.32 bits per heavy atom. The molecule has 0 amide bonds. The van der Waals surface area contributed by atoms with Crippen LogP contribution in [0.1, 0.15) is 43.4 Å². The summed E-state index contributed by atoms with van der Waals surface area (Å²) in [6.45, 7) is 1.48. The van der Waals surface area contributed by atoms with E-state index in [1.165, 1.54) is 12.3 Å². The minimum Gasteiger partial charge on any atom is -0.390 e. The van der Waals surface area contributed by atoms with E-state index in [0.29, 0.717) is 19.5 Å². The second-order valence-electron chi connectivity index (χ2n) is 6.53. The molecular formula is C16H21F3N2O. The first kappa shape index (κ1) is 15.7. The van der Waals surface area contributed by atoms with Crippen molar-refractivity contribution in [2.45, 2.75) is 50.4 Å². The predicted octanol–water partition coefficient (Wildman–Crippen LogP) is 3.23. The highest BCUT2D eigenvalue weighted by molar-refractivity contribution is 5.23. The van der Waals surface area contributed by atoms with Crippen LogP contribution in [0.5, 0.6) is 0 Å². The fourth-order valence-corrected chi connectivity index (χ4v) is 3.82. The minimum atomic E-state index is -4.37. The Balaban J connectivity index is 1.73. The van der Waals surface area contributed by atoms with Gasteiger partial charge in [0.05, 0.1) is 16.9 Å². The van der Waals surface area contributed by atoms with Gasteiger partial charge in [-0.2, -0.15) is 13.2 Å². The van der Waals surface area contributed by atoms with Crippen LogP contribution >= 0.6 is 0 Å². The van der Waals surface area contributed by atoms with E-state index in [1.54, 1.807) is 0 Å². The Morgan fingerprint density at radius 3 is 2.91 bits per heavy atom. The van der Waals surface area contributed by atoms with Gasteiger partial charge in [0.25, 0.3) is 0 Å². The number of aliphatic hydroxyl groups is 1. The molecule has 1 saturated carbocycles. The molecule has 1 N–H and O–H groups in total. The lowest BCUT2D eigenvalue weighted by Gasteiger charge is -2.47. The van der Waals surface area contributed by atoms with Gasteiger partial charge in [-0.25, -0.2) is 0 Å². The molecule has 3 rings (SSSR count). The molecule has 1 aliphatic heterocycles. The summed E-state index contributed by atoms with van der Waals surface area (Å²) in [5.41, 5.74) is -1.18. The fraction of sp³-hybridized carbons (Fsp3) is 0.688. The lowest BCUT2D eigenvalue weighted by molar-refractivity contribution is -0.139. The molecule has 1 aliphatic carbocycles. The van der Waals surface area contributed by atoms with E-state index in [4.69, 9.17) is 0 Å². The first-order valence-corrected chi connectivity index (χ1v) is 7.84. The molecule has 2 unspecified atom stereocenters. The van der Waals surface area contributed by atoms with E-state index in [1.807, 2.05) is 4.90 Å². The van der Waals surface area contributed by atoms with Crippen LogP contribution < -0.4 is 0 Å². The van der Waals surface area contributed by atoms with Crippen LogP contribution in [0, 0.1) is 5.92 Å².